The number of hydrogen-bond donors (Lipinski definition) is 0. The summed E-state index contributed by atoms with van der Waals surface area (Å²) < 4.78 is 33.4. The second-order valence-corrected chi connectivity index (χ2v) is 8.70. The van der Waals surface area contributed by atoms with Gasteiger partial charge >= 0.3 is 0 Å². The molecule has 1 saturated carbocycles. The van der Waals surface area contributed by atoms with Crippen LogP contribution in [-0.2, 0) is 14.8 Å². The van der Waals surface area contributed by atoms with E-state index in [1.165, 1.54) is 12.1 Å². The zero-order chi connectivity index (χ0) is 16.6. The van der Waals surface area contributed by atoms with E-state index in [0.717, 1.165) is 12.8 Å². The maximum absolute atomic E-state index is 12.9. The van der Waals surface area contributed by atoms with E-state index in [-0.39, 0.29) is 17.0 Å². The average molecular weight is 334 g/mol. The molecule has 0 aromatic heterocycles. The third kappa shape index (κ3) is 3.01. The highest BCUT2D eigenvalue weighted by atomic mass is 32.2. The van der Waals surface area contributed by atoms with Crippen molar-refractivity contribution in [2.24, 2.45) is 11.8 Å². The van der Waals surface area contributed by atoms with Gasteiger partial charge in [0, 0.05) is 19.1 Å². The molecule has 3 atom stereocenters. The molecule has 124 valence electrons. The molecule has 0 radical (unpaired) electrons. The van der Waals surface area contributed by atoms with Crippen LogP contribution in [0.15, 0.2) is 29.2 Å². The first-order valence-corrected chi connectivity index (χ1v) is 9.51. The molecule has 1 aliphatic carbocycles. The SMILES string of the molecule is CC(C)CO[C@@H]1[C@H]2CC[C@H]1N(S(=O)(=O)c1ccc(C#N)cc1)C2. The molecule has 0 unspecified atom stereocenters. The van der Waals surface area contributed by atoms with Gasteiger partial charge in [-0.05, 0) is 43.0 Å². The monoisotopic (exact) mass is 334 g/mol. The number of sulfonamides is 1. The fourth-order valence-corrected chi connectivity index (χ4v) is 5.28. The van der Waals surface area contributed by atoms with E-state index in [2.05, 4.69) is 13.8 Å². The Balaban J connectivity index is 1.80. The van der Waals surface area contributed by atoms with Crippen molar-refractivity contribution in [3.05, 3.63) is 29.8 Å². The number of piperidine rings is 1. The van der Waals surface area contributed by atoms with Crippen molar-refractivity contribution in [1.82, 2.24) is 4.31 Å². The quantitative estimate of drug-likeness (QED) is 0.829. The summed E-state index contributed by atoms with van der Waals surface area (Å²) in [5.41, 5.74) is 0.463. The average Bonchev–Trinajstić information content (AvgIpc) is 3.10. The lowest BCUT2D eigenvalue weighted by Crippen LogP contribution is -2.40. The highest BCUT2D eigenvalue weighted by Gasteiger charge is 2.52. The maximum atomic E-state index is 12.9. The van der Waals surface area contributed by atoms with Gasteiger partial charge in [0.1, 0.15) is 0 Å². The lowest BCUT2D eigenvalue weighted by Gasteiger charge is -2.26. The molecule has 2 bridgehead atoms. The molecule has 2 aliphatic rings. The highest BCUT2D eigenvalue weighted by molar-refractivity contribution is 7.89. The molecule has 1 aliphatic heterocycles. The summed E-state index contributed by atoms with van der Waals surface area (Å²) in [6, 6.07) is 8.09. The van der Waals surface area contributed by atoms with E-state index in [9.17, 15) is 8.42 Å². The van der Waals surface area contributed by atoms with Crippen LogP contribution in [0.1, 0.15) is 32.3 Å². The third-order valence-corrected chi connectivity index (χ3v) is 6.58. The normalized spacial score (nSPS) is 27.5. The maximum Gasteiger partial charge on any atom is 0.243 e. The number of fused-ring (bicyclic) bond motifs is 2. The molecule has 3 rings (SSSR count). The van der Waals surface area contributed by atoms with Crippen molar-refractivity contribution in [1.29, 1.82) is 5.26 Å². The van der Waals surface area contributed by atoms with Gasteiger partial charge in [0.25, 0.3) is 0 Å². The molecule has 23 heavy (non-hydrogen) atoms. The fraction of sp³-hybridized carbons (Fsp3) is 0.588. The van der Waals surface area contributed by atoms with E-state index in [1.54, 1.807) is 16.4 Å². The molecule has 1 aromatic carbocycles. The smallest absolute Gasteiger partial charge is 0.243 e. The molecule has 0 amide bonds. The molecule has 1 heterocycles. The lowest BCUT2D eigenvalue weighted by molar-refractivity contribution is 0.0182. The number of nitrogens with zero attached hydrogens (tertiary/aromatic N) is 2. The molecular weight excluding hydrogens is 312 g/mol. The van der Waals surface area contributed by atoms with Gasteiger partial charge < -0.3 is 4.74 Å². The summed E-state index contributed by atoms with van der Waals surface area (Å²) in [6.07, 6.45) is 1.92. The van der Waals surface area contributed by atoms with Crippen LogP contribution in [0.3, 0.4) is 0 Å². The molecule has 1 aromatic rings. The molecule has 0 spiro atoms. The van der Waals surface area contributed by atoms with Crippen LogP contribution in [-0.4, -0.2) is 38.0 Å². The van der Waals surface area contributed by atoms with Crippen LogP contribution in [0.4, 0.5) is 0 Å². The fourth-order valence-electron chi connectivity index (χ4n) is 3.56. The van der Waals surface area contributed by atoms with E-state index >= 15 is 0 Å². The van der Waals surface area contributed by atoms with Crippen molar-refractivity contribution < 1.29 is 13.2 Å². The summed E-state index contributed by atoms with van der Waals surface area (Å²) in [4.78, 5) is 0.256. The Bertz CT molecular complexity index is 706. The lowest BCUT2D eigenvalue weighted by atomic mass is 10.1. The van der Waals surface area contributed by atoms with Gasteiger partial charge in [-0.2, -0.15) is 9.57 Å². The van der Waals surface area contributed by atoms with Gasteiger partial charge in [-0.3, -0.25) is 0 Å². The molecule has 1 saturated heterocycles. The van der Waals surface area contributed by atoms with Crippen LogP contribution in [0.25, 0.3) is 0 Å². The zero-order valence-corrected chi connectivity index (χ0v) is 14.3. The van der Waals surface area contributed by atoms with Crippen LogP contribution >= 0.6 is 0 Å². The van der Waals surface area contributed by atoms with Crippen molar-refractivity contribution >= 4 is 10.0 Å². The molecule has 5 nitrogen and oxygen atoms in total. The van der Waals surface area contributed by atoms with Crippen LogP contribution in [0.5, 0.6) is 0 Å². The number of ether oxygens (including phenoxy) is 1. The minimum atomic E-state index is -3.52. The Morgan fingerprint density at radius 1 is 1.30 bits per heavy atom. The minimum Gasteiger partial charge on any atom is -0.376 e. The predicted octanol–water partition coefficient (Wildman–Crippen LogP) is 2.38. The molecule has 6 heteroatoms. The number of nitriles is 1. The van der Waals surface area contributed by atoms with E-state index in [0.29, 0.717) is 30.6 Å². The van der Waals surface area contributed by atoms with Crippen molar-refractivity contribution in [3.8, 4) is 6.07 Å². The number of hydrogen-bond acceptors (Lipinski definition) is 4. The van der Waals surface area contributed by atoms with Gasteiger partial charge in [0.15, 0.2) is 0 Å². The number of benzene rings is 1. The van der Waals surface area contributed by atoms with Crippen LogP contribution in [0, 0.1) is 23.2 Å². The number of rotatable bonds is 5. The first kappa shape index (κ1) is 16.4. The Kier molecular flexibility index (Phi) is 4.45. The van der Waals surface area contributed by atoms with E-state index in [4.69, 9.17) is 10.00 Å². The Morgan fingerprint density at radius 3 is 2.61 bits per heavy atom. The minimum absolute atomic E-state index is 0.0190. The van der Waals surface area contributed by atoms with E-state index in [1.807, 2.05) is 6.07 Å². The first-order chi connectivity index (χ1) is 10.9. The van der Waals surface area contributed by atoms with Gasteiger partial charge in [0.2, 0.25) is 10.0 Å². The van der Waals surface area contributed by atoms with Gasteiger partial charge in [-0.25, -0.2) is 8.42 Å². The summed E-state index contributed by atoms with van der Waals surface area (Å²) in [7, 11) is -3.52. The van der Waals surface area contributed by atoms with Crippen LogP contribution < -0.4 is 0 Å². The van der Waals surface area contributed by atoms with Crippen molar-refractivity contribution in [2.75, 3.05) is 13.2 Å². The van der Waals surface area contributed by atoms with Gasteiger partial charge in [-0.1, -0.05) is 13.8 Å². The highest BCUT2D eigenvalue weighted by Crippen LogP contribution is 2.42. The second-order valence-electron chi connectivity index (χ2n) is 6.81. The Morgan fingerprint density at radius 2 is 2.00 bits per heavy atom. The molecule has 2 fully saturated rings. The Labute approximate surface area is 137 Å². The largest absolute Gasteiger partial charge is 0.376 e. The van der Waals surface area contributed by atoms with Gasteiger partial charge in [0.05, 0.1) is 28.7 Å². The summed E-state index contributed by atoms with van der Waals surface area (Å²) in [5.74, 6) is 0.741. The summed E-state index contributed by atoms with van der Waals surface area (Å²) in [5, 5.41) is 8.84. The topological polar surface area (TPSA) is 70.4 Å². The molecular formula is C17H22N2O3S. The zero-order valence-electron chi connectivity index (χ0n) is 13.5. The van der Waals surface area contributed by atoms with Crippen LogP contribution in [0.2, 0.25) is 0 Å². The summed E-state index contributed by atoms with van der Waals surface area (Å²) >= 11 is 0. The van der Waals surface area contributed by atoms with E-state index < -0.39 is 10.0 Å². The second kappa shape index (κ2) is 6.23. The first-order valence-electron chi connectivity index (χ1n) is 8.07. The molecule has 0 N–H and O–H groups in total. The standard InChI is InChI=1S/C17H22N2O3S/c1-12(2)11-22-17-14-5-8-16(17)19(10-14)23(20,21)15-6-3-13(9-18)4-7-15/h3-4,6-7,12,14,16-17H,5,8,10-11H2,1-2H3/t14-,16+,17+/m0/s1. The predicted molar refractivity (Wildman–Crippen MR) is 86.1 cm³/mol. The third-order valence-electron chi connectivity index (χ3n) is 4.67. The summed E-state index contributed by atoms with van der Waals surface area (Å²) in [6.45, 7) is 5.41. The van der Waals surface area contributed by atoms with Crippen molar-refractivity contribution in [3.63, 3.8) is 0 Å². The van der Waals surface area contributed by atoms with Crippen molar-refractivity contribution in [2.45, 2.75) is 43.7 Å². The Hall–Kier alpha value is -1.42. The van der Waals surface area contributed by atoms with Gasteiger partial charge in [-0.15, -0.1) is 0 Å².